The number of benzene rings is 1. The summed E-state index contributed by atoms with van der Waals surface area (Å²) in [7, 11) is 0. The van der Waals surface area contributed by atoms with Crippen molar-refractivity contribution in [2.45, 2.75) is 45.1 Å². The summed E-state index contributed by atoms with van der Waals surface area (Å²) >= 11 is 5.85. The van der Waals surface area contributed by atoms with Crippen molar-refractivity contribution in [1.82, 2.24) is 4.90 Å². The Hall–Kier alpha value is -1.02. The van der Waals surface area contributed by atoms with E-state index in [0.29, 0.717) is 12.5 Å². The first kappa shape index (κ1) is 13.4. The van der Waals surface area contributed by atoms with Crippen molar-refractivity contribution < 1.29 is 4.79 Å². The van der Waals surface area contributed by atoms with E-state index < -0.39 is 0 Å². The lowest BCUT2D eigenvalue weighted by molar-refractivity contribution is -0.134. The molecule has 1 aromatic rings. The van der Waals surface area contributed by atoms with E-state index in [1.54, 1.807) is 0 Å². The van der Waals surface area contributed by atoms with Crippen LogP contribution in [-0.4, -0.2) is 23.4 Å². The van der Waals surface area contributed by atoms with Gasteiger partial charge in [-0.25, -0.2) is 0 Å². The third-order valence-corrected chi connectivity index (χ3v) is 3.94. The van der Waals surface area contributed by atoms with E-state index in [-0.39, 0.29) is 5.91 Å². The summed E-state index contributed by atoms with van der Waals surface area (Å²) < 4.78 is 0. The molecular formula is C15H20ClNO. The predicted octanol–water partition coefficient (Wildman–Crippen LogP) is 3.67. The minimum absolute atomic E-state index is 0.254. The summed E-state index contributed by atoms with van der Waals surface area (Å²) in [4.78, 5) is 14.4. The Bertz CT molecular complexity index is 401. The summed E-state index contributed by atoms with van der Waals surface area (Å²) in [5.74, 6) is 0.254. The first-order valence-electron chi connectivity index (χ1n) is 6.74. The molecule has 18 heavy (non-hydrogen) atoms. The van der Waals surface area contributed by atoms with E-state index >= 15 is 0 Å². The molecule has 1 atom stereocenters. The highest BCUT2D eigenvalue weighted by molar-refractivity contribution is 6.30. The molecule has 1 aliphatic rings. The zero-order chi connectivity index (χ0) is 13.0. The van der Waals surface area contributed by atoms with Gasteiger partial charge in [0, 0.05) is 17.6 Å². The fourth-order valence-electron chi connectivity index (χ4n) is 2.63. The normalized spacial score (nSPS) is 19.9. The van der Waals surface area contributed by atoms with Crippen molar-refractivity contribution in [2.24, 2.45) is 0 Å². The number of hydrogen-bond donors (Lipinski definition) is 0. The van der Waals surface area contributed by atoms with Crippen LogP contribution in [0.25, 0.3) is 0 Å². The quantitative estimate of drug-likeness (QED) is 0.817. The lowest BCUT2D eigenvalue weighted by Crippen LogP contribution is -2.44. The van der Waals surface area contributed by atoms with Gasteiger partial charge in [-0.15, -0.1) is 0 Å². The Labute approximate surface area is 114 Å². The molecule has 0 spiro atoms. The molecule has 0 saturated carbocycles. The van der Waals surface area contributed by atoms with E-state index in [4.69, 9.17) is 11.6 Å². The number of carbonyl (C=O) groups excluding carboxylic acids is 1. The Kier molecular flexibility index (Phi) is 4.65. The number of halogens is 1. The molecule has 0 aliphatic carbocycles. The van der Waals surface area contributed by atoms with Gasteiger partial charge in [0.2, 0.25) is 5.91 Å². The molecule has 0 aromatic heterocycles. The second-order valence-electron chi connectivity index (χ2n) is 4.95. The number of piperidine rings is 1. The number of carbonyl (C=O) groups is 1. The zero-order valence-electron chi connectivity index (χ0n) is 10.9. The largest absolute Gasteiger partial charge is 0.339 e. The van der Waals surface area contributed by atoms with Crippen LogP contribution in [-0.2, 0) is 11.2 Å². The Balaban J connectivity index is 2.00. The molecule has 1 aromatic carbocycles. The molecule has 0 N–H and O–H groups in total. The Morgan fingerprint density at radius 2 is 2.06 bits per heavy atom. The van der Waals surface area contributed by atoms with E-state index in [2.05, 4.69) is 11.8 Å². The fourth-order valence-corrected chi connectivity index (χ4v) is 2.76. The van der Waals surface area contributed by atoms with Gasteiger partial charge in [-0.05, 0) is 43.4 Å². The van der Waals surface area contributed by atoms with Gasteiger partial charge in [-0.2, -0.15) is 0 Å². The van der Waals surface area contributed by atoms with Crippen molar-refractivity contribution in [3.63, 3.8) is 0 Å². The van der Waals surface area contributed by atoms with Gasteiger partial charge in [0.05, 0.1) is 6.42 Å². The minimum Gasteiger partial charge on any atom is -0.339 e. The number of nitrogens with zero attached hydrogens (tertiary/aromatic N) is 1. The summed E-state index contributed by atoms with van der Waals surface area (Å²) in [6, 6.07) is 8.00. The third kappa shape index (κ3) is 3.26. The highest BCUT2D eigenvalue weighted by atomic mass is 35.5. The van der Waals surface area contributed by atoms with Gasteiger partial charge in [0.1, 0.15) is 0 Å². The SMILES string of the molecule is CCC1CCCCN1C(=O)Cc1ccc(Cl)cc1. The van der Waals surface area contributed by atoms with Gasteiger partial charge >= 0.3 is 0 Å². The second-order valence-corrected chi connectivity index (χ2v) is 5.38. The van der Waals surface area contributed by atoms with Gasteiger partial charge in [-0.1, -0.05) is 30.7 Å². The number of likely N-dealkylation sites (tertiary alicyclic amines) is 1. The molecule has 1 unspecified atom stereocenters. The van der Waals surface area contributed by atoms with Gasteiger partial charge in [0.25, 0.3) is 0 Å². The number of amides is 1. The third-order valence-electron chi connectivity index (χ3n) is 3.69. The highest BCUT2D eigenvalue weighted by Crippen LogP contribution is 2.20. The first-order chi connectivity index (χ1) is 8.70. The topological polar surface area (TPSA) is 20.3 Å². The molecular weight excluding hydrogens is 246 g/mol. The van der Waals surface area contributed by atoms with Crippen molar-refractivity contribution in [1.29, 1.82) is 0 Å². The zero-order valence-corrected chi connectivity index (χ0v) is 11.6. The van der Waals surface area contributed by atoms with Crippen LogP contribution < -0.4 is 0 Å². The average Bonchev–Trinajstić information content (AvgIpc) is 2.41. The van der Waals surface area contributed by atoms with E-state index in [1.807, 2.05) is 24.3 Å². The maximum Gasteiger partial charge on any atom is 0.227 e. The van der Waals surface area contributed by atoms with Crippen LogP contribution in [0, 0.1) is 0 Å². The number of rotatable bonds is 3. The highest BCUT2D eigenvalue weighted by Gasteiger charge is 2.24. The fraction of sp³-hybridized carbons (Fsp3) is 0.533. The van der Waals surface area contributed by atoms with Crippen LogP contribution >= 0.6 is 11.6 Å². The maximum atomic E-state index is 12.3. The van der Waals surface area contributed by atoms with E-state index in [1.165, 1.54) is 6.42 Å². The summed E-state index contributed by atoms with van der Waals surface area (Å²) in [6.45, 7) is 3.09. The molecule has 1 saturated heterocycles. The lowest BCUT2D eigenvalue weighted by atomic mass is 9.99. The first-order valence-corrected chi connectivity index (χ1v) is 7.12. The predicted molar refractivity (Wildman–Crippen MR) is 74.8 cm³/mol. The second kappa shape index (κ2) is 6.24. The van der Waals surface area contributed by atoms with Crippen LogP contribution in [0.3, 0.4) is 0 Å². The molecule has 2 nitrogen and oxygen atoms in total. The van der Waals surface area contributed by atoms with Crippen molar-refractivity contribution in [3.05, 3.63) is 34.9 Å². The van der Waals surface area contributed by atoms with Crippen LogP contribution in [0.15, 0.2) is 24.3 Å². The van der Waals surface area contributed by atoms with Crippen LogP contribution in [0.2, 0.25) is 5.02 Å². The lowest BCUT2D eigenvalue weighted by Gasteiger charge is -2.35. The van der Waals surface area contributed by atoms with Gasteiger partial charge in [-0.3, -0.25) is 4.79 Å². The Morgan fingerprint density at radius 3 is 2.72 bits per heavy atom. The van der Waals surface area contributed by atoms with Crippen molar-refractivity contribution >= 4 is 17.5 Å². The summed E-state index contributed by atoms with van der Waals surface area (Å²) in [6.07, 6.45) is 5.11. The summed E-state index contributed by atoms with van der Waals surface area (Å²) in [5, 5.41) is 0.718. The molecule has 1 aliphatic heterocycles. The van der Waals surface area contributed by atoms with E-state index in [9.17, 15) is 4.79 Å². The molecule has 0 bridgehead atoms. The molecule has 3 heteroatoms. The van der Waals surface area contributed by atoms with Gasteiger partial charge < -0.3 is 4.90 Å². The van der Waals surface area contributed by atoms with Crippen LogP contribution in [0.4, 0.5) is 0 Å². The van der Waals surface area contributed by atoms with Crippen molar-refractivity contribution in [3.8, 4) is 0 Å². The molecule has 2 rings (SSSR count). The van der Waals surface area contributed by atoms with Gasteiger partial charge in [0.15, 0.2) is 0 Å². The average molecular weight is 266 g/mol. The number of hydrogen-bond acceptors (Lipinski definition) is 1. The van der Waals surface area contributed by atoms with Crippen molar-refractivity contribution in [2.75, 3.05) is 6.54 Å². The minimum atomic E-state index is 0.254. The van der Waals surface area contributed by atoms with Crippen LogP contribution in [0.5, 0.6) is 0 Å². The van der Waals surface area contributed by atoms with E-state index in [0.717, 1.165) is 36.4 Å². The standard InChI is InChI=1S/C15H20ClNO/c1-2-14-5-3-4-10-17(14)15(18)11-12-6-8-13(16)9-7-12/h6-9,14H,2-5,10-11H2,1H3. The molecule has 1 fully saturated rings. The molecule has 0 radical (unpaired) electrons. The monoisotopic (exact) mass is 265 g/mol. The summed E-state index contributed by atoms with van der Waals surface area (Å²) in [5.41, 5.74) is 1.05. The molecule has 1 heterocycles. The van der Waals surface area contributed by atoms with Crippen LogP contribution in [0.1, 0.15) is 38.2 Å². The Morgan fingerprint density at radius 1 is 1.33 bits per heavy atom. The molecule has 98 valence electrons. The smallest absolute Gasteiger partial charge is 0.227 e. The molecule has 1 amide bonds. The maximum absolute atomic E-state index is 12.3.